The van der Waals surface area contributed by atoms with Crippen molar-refractivity contribution in [3.05, 3.63) is 40.3 Å². The van der Waals surface area contributed by atoms with Gasteiger partial charge < -0.3 is 10.1 Å². The van der Waals surface area contributed by atoms with E-state index in [1.807, 2.05) is 6.07 Å². The summed E-state index contributed by atoms with van der Waals surface area (Å²) in [5, 5.41) is 9.51. The van der Waals surface area contributed by atoms with E-state index < -0.39 is 0 Å². The van der Waals surface area contributed by atoms with Gasteiger partial charge in [-0.1, -0.05) is 30.1 Å². The summed E-state index contributed by atoms with van der Waals surface area (Å²) in [4.78, 5) is 11.7. The van der Waals surface area contributed by atoms with E-state index in [1.54, 1.807) is 24.1 Å². The Hall–Kier alpha value is -1.93. The zero-order valence-corrected chi connectivity index (χ0v) is 19.2. The minimum Gasteiger partial charge on any atom is -0.379 e. The van der Waals surface area contributed by atoms with E-state index >= 15 is 0 Å². The Morgan fingerprint density at radius 1 is 1.13 bits per heavy atom. The zero-order valence-electron chi connectivity index (χ0n) is 17.7. The molecule has 2 aromatic heterocycles. The van der Waals surface area contributed by atoms with E-state index in [2.05, 4.69) is 33.3 Å². The molecule has 5 rings (SSSR count). The molecule has 2 fully saturated rings. The third kappa shape index (κ3) is 4.12. The Kier molecular flexibility index (Phi) is 5.77. The average molecular weight is 461 g/mol. The number of aryl methyl sites for hydroxylation is 1. The number of anilines is 2. The summed E-state index contributed by atoms with van der Waals surface area (Å²) in [6.45, 7) is 6.17. The van der Waals surface area contributed by atoms with Gasteiger partial charge in [0.1, 0.15) is 5.15 Å². The molecule has 2 aliphatic rings. The first-order valence-electron chi connectivity index (χ1n) is 10.7. The van der Waals surface area contributed by atoms with Crippen LogP contribution in [-0.2, 0) is 11.8 Å². The van der Waals surface area contributed by atoms with Gasteiger partial charge in [0.15, 0.2) is 0 Å². The van der Waals surface area contributed by atoms with E-state index in [0.717, 1.165) is 55.1 Å². The van der Waals surface area contributed by atoms with Gasteiger partial charge in [-0.05, 0) is 55.5 Å². The van der Waals surface area contributed by atoms with Gasteiger partial charge in [0.2, 0.25) is 5.95 Å². The first-order chi connectivity index (χ1) is 15.0. The van der Waals surface area contributed by atoms with Gasteiger partial charge in [-0.25, -0.2) is 9.97 Å². The second kappa shape index (κ2) is 8.54. The van der Waals surface area contributed by atoms with Crippen molar-refractivity contribution in [1.29, 1.82) is 0 Å². The zero-order chi connectivity index (χ0) is 21.5. The van der Waals surface area contributed by atoms with Crippen LogP contribution in [0.5, 0.6) is 0 Å². The van der Waals surface area contributed by atoms with Crippen molar-refractivity contribution in [3.8, 4) is 0 Å². The monoisotopic (exact) mass is 460 g/mol. The first kappa shape index (κ1) is 20.9. The summed E-state index contributed by atoms with van der Waals surface area (Å²) in [6.07, 6.45) is 5.63. The van der Waals surface area contributed by atoms with Crippen molar-refractivity contribution >= 4 is 45.7 Å². The number of likely N-dealkylation sites (tertiary alicyclic amines) is 1. The molecular weight excluding hydrogens is 435 g/mol. The number of nitrogens with one attached hydrogen (secondary N) is 1. The van der Waals surface area contributed by atoms with Crippen molar-refractivity contribution < 1.29 is 4.74 Å². The second-order valence-corrected chi connectivity index (χ2v) is 9.38. The molecule has 0 bridgehead atoms. The molecule has 3 aromatic rings. The highest BCUT2D eigenvalue weighted by molar-refractivity contribution is 6.32. The maximum Gasteiger partial charge on any atom is 0.227 e. The lowest BCUT2D eigenvalue weighted by atomic mass is 9.87. The highest BCUT2D eigenvalue weighted by Gasteiger charge is 2.33. The van der Waals surface area contributed by atoms with Crippen molar-refractivity contribution in [2.24, 2.45) is 13.0 Å². The molecule has 7 nitrogen and oxygen atoms in total. The van der Waals surface area contributed by atoms with Gasteiger partial charge in [0.25, 0.3) is 0 Å². The Balaban J connectivity index is 1.35. The highest BCUT2D eigenvalue weighted by Crippen LogP contribution is 2.36. The Morgan fingerprint density at radius 2 is 1.94 bits per heavy atom. The van der Waals surface area contributed by atoms with Crippen molar-refractivity contribution in [2.75, 3.05) is 31.6 Å². The summed E-state index contributed by atoms with van der Waals surface area (Å²) < 4.78 is 7.26. The van der Waals surface area contributed by atoms with Crippen LogP contribution >= 0.6 is 23.2 Å². The first-order valence-corrected chi connectivity index (χ1v) is 11.5. The standard InChI is InChI=1S/C22H26Cl2N6O/c1-13-11-31-12-20(13)30-5-3-14(4-6-30)16-8-18-15(7-17(16)23)9-25-22(27-18)28-19-10-26-29(2)21(19)24/h7-10,13-14,20H,3-6,11-12H2,1-2H3,(H,25,27,28)/t13-,20+/m1/s1. The number of nitrogens with zero attached hydrogens (tertiary/aromatic N) is 5. The quantitative estimate of drug-likeness (QED) is 0.611. The number of hydrogen-bond acceptors (Lipinski definition) is 6. The average Bonchev–Trinajstić information content (AvgIpc) is 3.34. The minimum atomic E-state index is 0.435. The highest BCUT2D eigenvalue weighted by atomic mass is 35.5. The van der Waals surface area contributed by atoms with Crippen LogP contribution in [-0.4, -0.2) is 57.0 Å². The molecule has 0 radical (unpaired) electrons. The van der Waals surface area contributed by atoms with Crippen molar-refractivity contribution in [2.45, 2.75) is 31.7 Å². The summed E-state index contributed by atoms with van der Waals surface area (Å²) >= 11 is 12.9. The fraction of sp³-hybridized carbons (Fsp3) is 0.500. The molecular formula is C22H26Cl2N6O. The summed E-state index contributed by atoms with van der Waals surface area (Å²) in [7, 11) is 1.79. The van der Waals surface area contributed by atoms with Gasteiger partial charge in [0, 0.05) is 29.7 Å². The lowest BCUT2D eigenvalue weighted by Gasteiger charge is -2.37. The number of ether oxygens (including phenoxy) is 1. The predicted molar refractivity (Wildman–Crippen MR) is 123 cm³/mol. The smallest absolute Gasteiger partial charge is 0.227 e. The molecule has 0 spiro atoms. The van der Waals surface area contributed by atoms with E-state index in [1.165, 1.54) is 5.56 Å². The molecule has 4 heterocycles. The molecule has 9 heteroatoms. The third-order valence-corrected chi connectivity index (χ3v) is 7.35. The Morgan fingerprint density at radius 3 is 2.61 bits per heavy atom. The number of hydrogen-bond donors (Lipinski definition) is 1. The van der Waals surface area contributed by atoms with Crippen molar-refractivity contribution in [1.82, 2.24) is 24.6 Å². The van der Waals surface area contributed by atoms with E-state index in [0.29, 0.717) is 34.7 Å². The number of piperidine rings is 1. The van der Waals surface area contributed by atoms with E-state index in [-0.39, 0.29) is 0 Å². The van der Waals surface area contributed by atoms with Gasteiger partial charge in [-0.3, -0.25) is 9.58 Å². The Bertz CT molecular complexity index is 1100. The number of fused-ring (bicyclic) bond motifs is 1. The largest absolute Gasteiger partial charge is 0.379 e. The SMILES string of the molecule is C[C@@H]1COC[C@@H]1N1CCC(c2cc3nc(Nc4cnn(C)c4Cl)ncc3cc2Cl)CC1. The fourth-order valence-corrected chi connectivity index (χ4v) is 5.19. The van der Waals surface area contributed by atoms with Crippen LogP contribution in [0.25, 0.3) is 10.9 Å². The van der Waals surface area contributed by atoms with Gasteiger partial charge in [0.05, 0.1) is 30.6 Å². The normalized spacial score (nSPS) is 23.0. The van der Waals surface area contributed by atoms with Crippen LogP contribution < -0.4 is 5.32 Å². The Labute approximate surface area is 191 Å². The molecule has 2 atom stereocenters. The molecule has 164 valence electrons. The van der Waals surface area contributed by atoms with Crippen LogP contribution in [0, 0.1) is 5.92 Å². The lowest BCUT2D eigenvalue weighted by Crippen LogP contribution is -2.44. The van der Waals surface area contributed by atoms with Gasteiger partial charge >= 0.3 is 0 Å². The van der Waals surface area contributed by atoms with Gasteiger partial charge in [-0.15, -0.1) is 0 Å². The lowest BCUT2D eigenvalue weighted by molar-refractivity contribution is 0.116. The summed E-state index contributed by atoms with van der Waals surface area (Å²) in [5.74, 6) is 1.53. The second-order valence-electron chi connectivity index (χ2n) is 8.62. The van der Waals surface area contributed by atoms with Crippen LogP contribution in [0.15, 0.2) is 24.5 Å². The molecule has 0 aliphatic carbocycles. The van der Waals surface area contributed by atoms with Crippen molar-refractivity contribution in [3.63, 3.8) is 0 Å². The maximum absolute atomic E-state index is 6.68. The van der Waals surface area contributed by atoms with Gasteiger partial charge in [-0.2, -0.15) is 5.10 Å². The summed E-state index contributed by atoms with van der Waals surface area (Å²) in [6, 6.07) is 4.65. The third-order valence-electron chi connectivity index (χ3n) is 6.58. The van der Waals surface area contributed by atoms with Crippen LogP contribution in [0.3, 0.4) is 0 Å². The number of halogens is 2. The number of aromatic nitrogens is 4. The predicted octanol–water partition coefficient (Wildman–Crippen LogP) is 4.63. The molecule has 2 saturated heterocycles. The molecule has 1 N–H and O–H groups in total. The molecule has 0 amide bonds. The van der Waals surface area contributed by atoms with Crippen LogP contribution in [0.1, 0.15) is 31.2 Å². The maximum atomic E-state index is 6.68. The molecule has 31 heavy (non-hydrogen) atoms. The fourth-order valence-electron chi connectivity index (χ4n) is 4.72. The molecule has 2 aliphatic heterocycles. The van der Waals surface area contributed by atoms with E-state index in [9.17, 15) is 0 Å². The molecule has 0 saturated carbocycles. The topological polar surface area (TPSA) is 68.1 Å². The molecule has 0 unspecified atom stereocenters. The van der Waals surface area contributed by atoms with Crippen LogP contribution in [0.2, 0.25) is 10.2 Å². The van der Waals surface area contributed by atoms with Crippen LogP contribution in [0.4, 0.5) is 11.6 Å². The number of benzene rings is 1. The minimum absolute atomic E-state index is 0.435. The number of rotatable bonds is 4. The molecule has 1 aromatic carbocycles. The summed E-state index contributed by atoms with van der Waals surface area (Å²) in [5.41, 5.74) is 2.72. The van der Waals surface area contributed by atoms with E-state index in [4.69, 9.17) is 32.9 Å².